The van der Waals surface area contributed by atoms with Crippen molar-refractivity contribution in [2.45, 2.75) is 17.9 Å². The maximum atomic E-state index is 13.3. The van der Waals surface area contributed by atoms with E-state index >= 15 is 0 Å². The highest BCUT2D eigenvalue weighted by Gasteiger charge is 2.22. The Hall–Kier alpha value is -1.51. The van der Waals surface area contributed by atoms with Crippen molar-refractivity contribution in [2.75, 3.05) is 5.73 Å². The second kappa shape index (κ2) is 6.08. The Morgan fingerprint density at radius 1 is 1.43 bits per heavy atom. The summed E-state index contributed by atoms with van der Waals surface area (Å²) in [6.45, 7) is 1.68. The number of rotatable bonds is 4. The average Bonchev–Trinajstić information content (AvgIpc) is 2.43. The fraction of sp³-hybridized carbons (Fsp3) is 0.154. The van der Waals surface area contributed by atoms with E-state index in [4.69, 9.17) is 5.73 Å². The molecule has 2 rings (SSSR count). The summed E-state index contributed by atoms with van der Waals surface area (Å²) in [5.74, 6) is -0.619. The molecule has 0 spiro atoms. The van der Waals surface area contributed by atoms with E-state index in [0.717, 1.165) is 12.1 Å². The first kappa shape index (κ1) is 15.9. The van der Waals surface area contributed by atoms with Gasteiger partial charge in [0.1, 0.15) is 10.7 Å². The molecule has 1 atom stereocenters. The summed E-state index contributed by atoms with van der Waals surface area (Å²) < 4.78 is 40.5. The van der Waals surface area contributed by atoms with Gasteiger partial charge in [0.2, 0.25) is 10.0 Å². The molecule has 1 heterocycles. The highest BCUT2D eigenvalue weighted by Crippen LogP contribution is 2.27. The molecule has 1 aromatic heterocycles. The second-order valence-corrected chi connectivity index (χ2v) is 6.97. The van der Waals surface area contributed by atoms with Crippen LogP contribution in [0.5, 0.6) is 0 Å². The number of hydrogen-bond donors (Lipinski definition) is 2. The molecule has 0 radical (unpaired) electrons. The van der Waals surface area contributed by atoms with E-state index in [2.05, 4.69) is 25.6 Å². The van der Waals surface area contributed by atoms with Gasteiger partial charge < -0.3 is 5.73 Å². The predicted molar refractivity (Wildman–Crippen MR) is 81.5 cm³/mol. The van der Waals surface area contributed by atoms with Gasteiger partial charge in [0.25, 0.3) is 0 Å². The molecule has 3 N–H and O–H groups in total. The molecule has 1 unspecified atom stereocenters. The van der Waals surface area contributed by atoms with Gasteiger partial charge in [-0.05, 0) is 46.6 Å². The van der Waals surface area contributed by atoms with Crippen molar-refractivity contribution >= 4 is 31.6 Å². The number of aromatic nitrogens is 1. The Balaban J connectivity index is 2.33. The molecule has 0 bridgehead atoms. The summed E-state index contributed by atoms with van der Waals surface area (Å²) in [5, 5.41) is 0. The first-order valence-corrected chi connectivity index (χ1v) is 8.25. The molecular formula is C13H13BrFN3O2S. The molecule has 8 heteroatoms. The Bertz CT molecular complexity index is 754. The van der Waals surface area contributed by atoms with E-state index in [1.165, 1.54) is 0 Å². The third kappa shape index (κ3) is 3.58. The number of sulfonamides is 1. The summed E-state index contributed by atoms with van der Waals surface area (Å²) in [7, 11) is -3.88. The summed E-state index contributed by atoms with van der Waals surface area (Å²) in [6.07, 6.45) is 3.16. The van der Waals surface area contributed by atoms with Gasteiger partial charge in [-0.2, -0.15) is 0 Å². The molecule has 0 amide bonds. The van der Waals surface area contributed by atoms with E-state index in [-0.39, 0.29) is 15.1 Å². The molecule has 2 aromatic rings. The van der Waals surface area contributed by atoms with Crippen LogP contribution < -0.4 is 10.5 Å². The number of nitrogen functional groups attached to an aromatic ring is 1. The van der Waals surface area contributed by atoms with Crippen molar-refractivity contribution in [3.05, 3.63) is 52.5 Å². The second-order valence-electron chi connectivity index (χ2n) is 4.43. The van der Waals surface area contributed by atoms with E-state index in [0.29, 0.717) is 5.56 Å². The van der Waals surface area contributed by atoms with Crippen molar-refractivity contribution in [3.8, 4) is 0 Å². The Kier molecular flexibility index (Phi) is 4.60. The van der Waals surface area contributed by atoms with Crippen LogP contribution in [-0.2, 0) is 10.0 Å². The predicted octanol–water partition coefficient (Wildman–Crippen LogP) is 2.60. The van der Waals surface area contributed by atoms with Crippen LogP contribution in [0.25, 0.3) is 0 Å². The molecule has 0 fully saturated rings. The maximum Gasteiger partial charge on any atom is 0.243 e. The lowest BCUT2D eigenvalue weighted by Crippen LogP contribution is -2.27. The summed E-state index contributed by atoms with van der Waals surface area (Å²) >= 11 is 2.95. The largest absolute Gasteiger partial charge is 0.398 e. The minimum atomic E-state index is -3.88. The van der Waals surface area contributed by atoms with Crippen molar-refractivity contribution in [1.29, 1.82) is 0 Å². The van der Waals surface area contributed by atoms with Crippen LogP contribution in [0.3, 0.4) is 0 Å². The molecule has 0 saturated carbocycles. The van der Waals surface area contributed by atoms with Crippen molar-refractivity contribution in [2.24, 2.45) is 0 Å². The number of nitrogens with zero attached hydrogens (tertiary/aromatic N) is 1. The number of anilines is 1. The molecule has 0 aliphatic rings. The fourth-order valence-corrected chi connectivity index (χ4v) is 3.64. The zero-order valence-electron chi connectivity index (χ0n) is 11.0. The van der Waals surface area contributed by atoms with Gasteiger partial charge in [0.05, 0.1) is 10.2 Å². The molecular weight excluding hydrogens is 361 g/mol. The molecule has 112 valence electrons. The number of nitrogens with one attached hydrogen (secondary N) is 1. The smallest absolute Gasteiger partial charge is 0.243 e. The SMILES string of the molecule is CC(NS(=O)(=O)c1cc(Br)c(F)cc1N)c1cccnc1. The third-order valence-corrected chi connectivity index (χ3v) is 5.06. The summed E-state index contributed by atoms with van der Waals surface area (Å²) in [4.78, 5) is 3.76. The van der Waals surface area contributed by atoms with Gasteiger partial charge in [-0.3, -0.25) is 4.98 Å². The standard InChI is InChI=1S/C13H13BrFN3O2S/c1-8(9-3-2-4-17-7-9)18-21(19,20)13-5-10(14)11(15)6-12(13)16/h2-8,18H,16H2,1H3. The van der Waals surface area contributed by atoms with Crippen molar-refractivity contribution < 1.29 is 12.8 Å². The number of halogens is 2. The first-order chi connectivity index (χ1) is 9.81. The topological polar surface area (TPSA) is 85.1 Å². The van der Waals surface area contributed by atoms with Crippen LogP contribution in [0.15, 0.2) is 46.0 Å². The van der Waals surface area contributed by atoms with E-state index < -0.39 is 21.9 Å². The lowest BCUT2D eigenvalue weighted by molar-refractivity contribution is 0.566. The Morgan fingerprint density at radius 2 is 2.14 bits per heavy atom. The van der Waals surface area contributed by atoms with Crippen LogP contribution in [0.2, 0.25) is 0 Å². The van der Waals surface area contributed by atoms with Crippen LogP contribution >= 0.6 is 15.9 Å². The molecule has 0 saturated heterocycles. The highest BCUT2D eigenvalue weighted by molar-refractivity contribution is 9.10. The minimum absolute atomic E-state index is 0.0334. The Labute approximate surface area is 130 Å². The van der Waals surface area contributed by atoms with Gasteiger partial charge in [0.15, 0.2) is 0 Å². The quantitative estimate of drug-likeness (QED) is 0.806. The molecule has 21 heavy (non-hydrogen) atoms. The van der Waals surface area contributed by atoms with E-state index in [9.17, 15) is 12.8 Å². The third-order valence-electron chi connectivity index (χ3n) is 2.86. The zero-order valence-corrected chi connectivity index (χ0v) is 13.4. The zero-order chi connectivity index (χ0) is 15.6. The Morgan fingerprint density at radius 3 is 2.76 bits per heavy atom. The lowest BCUT2D eigenvalue weighted by atomic mass is 10.2. The van der Waals surface area contributed by atoms with Gasteiger partial charge in [-0.1, -0.05) is 6.07 Å². The van der Waals surface area contributed by atoms with Crippen LogP contribution in [0.1, 0.15) is 18.5 Å². The normalized spacial score (nSPS) is 13.1. The van der Waals surface area contributed by atoms with Crippen LogP contribution in [0, 0.1) is 5.82 Å². The molecule has 0 aliphatic heterocycles. The first-order valence-electron chi connectivity index (χ1n) is 5.98. The summed E-state index contributed by atoms with van der Waals surface area (Å²) in [6, 6.07) is 5.08. The molecule has 0 aliphatic carbocycles. The number of nitrogens with two attached hydrogens (primary N) is 1. The van der Waals surface area contributed by atoms with Gasteiger partial charge >= 0.3 is 0 Å². The number of hydrogen-bond acceptors (Lipinski definition) is 4. The van der Waals surface area contributed by atoms with E-state index in [1.807, 2.05) is 0 Å². The molecule has 1 aromatic carbocycles. The summed E-state index contributed by atoms with van der Waals surface area (Å²) in [5.41, 5.74) is 6.16. The number of pyridine rings is 1. The van der Waals surface area contributed by atoms with Crippen LogP contribution in [-0.4, -0.2) is 13.4 Å². The fourth-order valence-electron chi connectivity index (χ4n) is 1.77. The lowest BCUT2D eigenvalue weighted by Gasteiger charge is -2.15. The van der Waals surface area contributed by atoms with Crippen molar-refractivity contribution in [1.82, 2.24) is 9.71 Å². The minimum Gasteiger partial charge on any atom is -0.398 e. The average molecular weight is 374 g/mol. The van der Waals surface area contributed by atoms with Crippen LogP contribution in [0.4, 0.5) is 10.1 Å². The van der Waals surface area contributed by atoms with Crippen molar-refractivity contribution in [3.63, 3.8) is 0 Å². The molecule has 5 nitrogen and oxygen atoms in total. The highest BCUT2D eigenvalue weighted by atomic mass is 79.9. The number of benzene rings is 1. The maximum absolute atomic E-state index is 13.3. The van der Waals surface area contributed by atoms with E-state index in [1.54, 1.807) is 31.5 Å². The van der Waals surface area contributed by atoms with Gasteiger partial charge in [-0.15, -0.1) is 0 Å². The van der Waals surface area contributed by atoms with Gasteiger partial charge in [0, 0.05) is 18.4 Å². The monoisotopic (exact) mass is 373 g/mol. The van der Waals surface area contributed by atoms with Gasteiger partial charge in [-0.25, -0.2) is 17.5 Å².